The van der Waals surface area contributed by atoms with Gasteiger partial charge < -0.3 is 14.2 Å². The van der Waals surface area contributed by atoms with E-state index in [4.69, 9.17) is 10.00 Å². The molecule has 0 aliphatic carbocycles. The minimum Gasteiger partial charge on any atom is -0.464 e. The van der Waals surface area contributed by atoms with Crippen molar-refractivity contribution in [3.63, 3.8) is 0 Å². The van der Waals surface area contributed by atoms with Gasteiger partial charge in [0.25, 0.3) is 5.56 Å². The highest BCUT2D eigenvalue weighted by Gasteiger charge is 2.33. The zero-order chi connectivity index (χ0) is 17.7. The van der Waals surface area contributed by atoms with Crippen LogP contribution in [0, 0.1) is 18.3 Å². The monoisotopic (exact) mass is 331 g/mol. The van der Waals surface area contributed by atoms with Gasteiger partial charge in [0.2, 0.25) is 5.91 Å². The number of ether oxygens (including phenoxy) is 1. The first kappa shape index (κ1) is 17.7. The normalized spacial score (nSPS) is 17.2. The van der Waals surface area contributed by atoms with Crippen LogP contribution in [0.5, 0.6) is 0 Å². The number of carbonyl (C=O) groups excluding carboxylic acids is 2. The SMILES string of the molecule is CCOC(=O)[C@H]1CCCCN1C(=O)Cn1ccc(C)c(C#N)c1=O. The smallest absolute Gasteiger partial charge is 0.328 e. The fourth-order valence-electron chi connectivity index (χ4n) is 2.88. The Kier molecular flexibility index (Phi) is 5.74. The Labute approximate surface area is 140 Å². The van der Waals surface area contributed by atoms with E-state index in [1.807, 2.05) is 6.07 Å². The van der Waals surface area contributed by atoms with Crippen molar-refractivity contribution in [1.82, 2.24) is 9.47 Å². The van der Waals surface area contributed by atoms with Gasteiger partial charge in [0.15, 0.2) is 0 Å². The first-order chi connectivity index (χ1) is 11.5. The molecule has 2 heterocycles. The lowest BCUT2D eigenvalue weighted by Gasteiger charge is -2.34. The Balaban J connectivity index is 2.21. The van der Waals surface area contributed by atoms with Crippen LogP contribution >= 0.6 is 0 Å². The molecule has 24 heavy (non-hydrogen) atoms. The lowest BCUT2D eigenvalue weighted by Crippen LogP contribution is -2.50. The molecule has 0 radical (unpaired) electrons. The van der Waals surface area contributed by atoms with E-state index in [0.29, 0.717) is 18.5 Å². The molecule has 1 aromatic rings. The quantitative estimate of drug-likeness (QED) is 0.767. The molecule has 7 nitrogen and oxygen atoms in total. The van der Waals surface area contributed by atoms with Crippen molar-refractivity contribution in [2.75, 3.05) is 13.2 Å². The van der Waals surface area contributed by atoms with E-state index in [1.165, 1.54) is 15.7 Å². The molecule has 0 aromatic carbocycles. The molecule has 0 N–H and O–H groups in total. The molecule has 1 amide bonds. The first-order valence-corrected chi connectivity index (χ1v) is 8.05. The molecule has 1 aliphatic heterocycles. The summed E-state index contributed by atoms with van der Waals surface area (Å²) < 4.78 is 6.26. The van der Waals surface area contributed by atoms with Crippen LogP contribution in [-0.4, -0.2) is 40.5 Å². The maximum atomic E-state index is 12.6. The number of piperidine rings is 1. The van der Waals surface area contributed by atoms with Gasteiger partial charge in [-0.05, 0) is 44.7 Å². The topological polar surface area (TPSA) is 92.4 Å². The fourth-order valence-corrected chi connectivity index (χ4v) is 2.88. The summed E-state index contributed by atoms with van der Waals surface area (Å²) in [6.45, 7) is 3.94. The van der Waals surface area contributed by atoms with Gasteiger partial charge in [0.05, 0.1) is 6.61 Å². The molecule has 0 spiro atoms. The molecule has 7 heteroatoms. The molecule has 1 saturated heterocycles. The van der Waals surface area contributed by atoms with Crippen molar-refractivity contribution in [3.05, 3.63) is 33.7 Å². The van der Waals surface area contributed by atoms with Crippen molar-refractivity contribution in [2.45, 2.75) is 45.7 Å². The average Bonchev–Trinajstić information content (AvgIpc) is 2.58. The summed E-state index contributed by atoms with van der Waals surface area (Å²) in [7, 11) is 0. The summed E-state index contributed by atoms with van der Waals surface area (Å²) in [5.41, 5.74) is 0.120. The second-order valence-corrected chi connectivity index (χ2v) is 5.77. The number of rotatable bonds is 4. The van der Waals surface area contributed by atoms with Gasteiger partial charge in [-0.25, -0.2) is 4.79 Å². The summed E-state index contributed by atoms with van der Waals surface area (Å²) in [6, 6.07) is 2.90. The van der Waals surface area contributed by atoms with Crippen molar-refractivity contribution < 1.29 is 14.3 Å². The maximum Gasteiger partial charge on any atom is 0.328 e. The number of aryl methyl sites for hydroxylation is 1. The standard InChI is InChI=1S/C17H21N3O4/c1-3-24-17(23)14-6-4-5-8-20(14)15(21)11-19-9-7-12(2)13(10-18)16(19)22/h7,9,14H,3-6,8,11H2,1-2H3/t14-/m1/s1. The zero-order valence-electron chi connectivity index (χ0n) is 13.9. The highest BCUT2D eigenvalue weighted by Crippen LogP contribution is 2.19. The third-order valence-corrected chi connectivity index (χ3v) is 4.17. The van der Waals surface area contributed by atoms with E-state index < -0.39 is 17.6 Å². The molecular formula is C17H21N3O4. The number of hydrogen-bond acceptors (Lipinski definition) is 5. The molecule has 1 fully saturated rings. The lowest BCUT2D eigenvalue weighted by atomic mass is 10.0. The van der Waals surface area contributed by atoms with Crippen LogP contribution in [0.15, 0.2) is 17.1 Å². The van der Waals surface area contributed by atoms with Crippen molar-refractivity contribution in [2.24, 2.45) is 0 Å². The maximum absolute atomic E-state index is 12.6. The third-order valence-electron chi connectivity index (χ3n) is 4.17. The van der Waals surface area contributed by atoms with Gasteiger partial charge in [-0.2, -0.15) is 5.26 Å². The summed E-state index contributed by atoms with van der Waals surface area (Å²) >= 11 is 0. The molecular weight excluding hydrogens is 310 g/mol. The van der Waals surface area contributed by atoms with E-state index in [0.717, 1.165) is 12.8 Å². The van der Waals surface area contributed by atoms with Crippen LogP contribution in [0.25, 0.3) is 0 Å². The van der Waals surface area contributed by atoms with Crippen molar-refractivity contribution in [3.8, 4) is 6.07 Å². The molecule has 2 rings (SSSR count). The van der Waals surface area contributed by atoms with Crippen molar-refractivity contribution >= 4 is 11.9 Å². The number of likely N-dealkylation sites (tertiary alicyclic amines) is 1. The van der Waals surface area contributed by atoms with E-state index in [9.17, 15) is 14.4 Å². The van der Waals surface area contributed by atoms with Gasteiger partial charge in [-0.1, -0.05) is 0 Å². The average molecular weight is 331 g/mol. The Hall–Kier alpha value is -2.62. The summed E-state index contributed by atoms with van der Waals surface area (Å²) in [6.07, 6.45) is 3.74. The number of carbonyl (C=O) groups is 2. The highest BCUT2D eigenvalue weighted by molar-refractivity contribution is 5.84. The van der Waals surface area contributed by atoms with Crippen LogP contribution in [0.2, 0.25) is 0 Å². The van der Waals surface area contributed by atoms with Crippen LogP contribution in [-0.2, 0) is 20.9 Å². The Morgan fingerprint density at radius 2 is 2.17 bits per heavy atom. The second kappa shape index (κ2) is 7.77. The van der Waals surface area contributed by atoms with E-state index in [1.54, 1.807) is 19.9 Å². The molecule has 1 atom stereocenters. The Bertz CT molecular complexity index is 732. The first-order valence-electron chi connectivity index (χ1n) is 8.05. The zero-order valence-corrected chi connectivity index (χ0v) is 13.9. The summed E-state index contributed by atoms with van der Waals surface area (Å²) in [5.74, 6) is -0.720. The summed E-state index contributed by atoms with van der Waals surface area (Å²) in [4.78, 5) is 38.4. The highest BCUT2D eigenvalue weighted by atomic mass is 16.5. The predicted octanol–water partition coefficient (Wildman–Crippen LogP) is 0.973. The number of nitriles is 1. The third kappa shape index (κ3) is 3.65. The molecule has 128 valence electrons. The van der Waals surface area contributed by atoms with Gasteiger partial charge >= 0.3 is 5.97 Å². The molecule has 1 aromatic heterocycles. The molecule has 1 aliphatic rings. The van der Waals surface area contributed by atoms with Gasteiger partial charge in [0.1, 0.15) is 24.2 Å². The number of pyridine rings is 1. The Morgan fingerprint density at radius 3 is 2.83 bits per heavy atom. The van der Waals surface area contributed by atoms with Crippen LogP contribution in [0.1, 0.15) is 37.3 Å². The number of hydrogen-bond donors (Lipinski definition) is 0. The van der Waals surface area contributed by atoms with E-state index >= 15 is 0 Å². The number of aromatic nitrogens is 1. The molecule has 0 bridgehead atoms. The number of esters is 1. The minimum absolute atomic E-state index is 0.0332. The van der Waals surface area contributed by atoms with E-state index in [-0.39, 0.29) is 24.6 Å². The summed E-state index contributed by atoms with van der Waals surface area (Å²) in [5, 5.41) is 9.06. The van der Waals surface area contributed by atoms with Crippen LogP contribution < -0.4 is 5.56 Å². The van der Waals surface area contributed by atoms with Gasteiger partial charge in [0, 0.05) is 12.7 Å². The van der Waals surface area contributed by atoms with Gasteiger partial charge in [-0.3, -0.25) is 9.59 Å². The van der Waals surface area contributed by atoms with Gasteiger partial charge in [-0.15, -0.1) is 0 Å². The van der Waals surface area contributed by atoms with Crippen LogP contribution in [0.3, 0.4) is 0 Å². The number of nitrogens with zero attached hydrogens (tertiary/aromatic N) is 3. The fraction of sp³-hybridized carbons (Fsp3) is 0.529. The largest absolute Gasteiger partial charge is 0.464 e. The van der Waals surface area contributed by atoms with E-state index in [2.05, 4.69) is 0 Å². The lowest BCUT2D eigenvalue weighted by molar-refractivity contribution is -0.156. The second-order valence-electron chi connectivity index (χ2n) is 5.77. The minimum atomic E-state index is -0.595. The van der Waals surface area contributed by atoms with Crippen LogP contribution in [0.4, 0.5) is 0 Å². The predicted molar refractivity (Wildman–Crippen MR) is 86.1 cm³/mol. The van der Waals surface area contributed by atoms with Crippen molar-refractivity contribution in [1.29, 1.82) is 5.26 Å². The molecule has 0 saturated carbocycles. The number of amides is 1. The Morgan fingerprint density at radius 1 is 1.42 bits per heavy atom. The molecule has 0 unspecified atom stereocenters.